The maximum Gasteiger partial charge on any atom is 0.196 e. The van der Waals surface area contributed by atoms with Gasteiger partial charge in [0, 0.05) is 5.69 Å². The molecule has 1 aliphatic carbocycles. The molecule has 0 fully saturated rings. The van der Waals surface area contributed by atoms with E-state index in [0.717, 1.165) is 19.4 Å². The lowest BCUT2D eigenvalue weighted by atomic mass is 9.90. The summed E-state index contributed by atoms with van der Waals surface area (Å²) in [6, 6.07) is 17.1. The van der Waals surface area contributed by atoms with Gasteiger partial charge in [-0.1, -0.05) is 42.5 Å². The minimum atomic E-state index is -0.0905. The van der Waals surface area contributed by atoms with E-state index in [9.17, 15) is 0 Å². The summed E-state index contributed by atoms with van der Waals surface area (Å²) in [6.07, 6.45) is 2.17. The van der Waals surface area contributed by atoms with Crippen molar-refractivity contribution in [2.45, 2.75) is 25.3 Å². The lowest BCUT2D eigenvalue weighted by Gasteiger charge is -2.37. The second kappa shape index (κ2) is 4.35. The van der Waals surface area contributed by atoms with Crippen LogP contribution in [-0.2, 0) is 12.0 Å². The zero-order valence-corrected chi connectivity index (χ0v) is 12.2. The number of nitrogens with zero attached hydrogens (tertiary/aromatic N) is 2. The Morgan fingerprint density at radius 3 is 2.71 bits per heavy atom. The molecule has 0 radical (unpaired) electrons. The highest BCUT2D eigenvalue weighted by Crippen LogP contribution is 2.46. The Morgan fingerprint density at radius 1 is 1.10 bits per heavy atom. The summed E-state index contributed by atoms with van der Waals surface area (Å²) in [7, 11) is 0. The first-order valence-corrected chi connectivity index (χ1v) is 7.46. The number of aliphatic imine (C=N–C) groups is 1. The van der Waals surface area contributed by atoms with Gasteiger partial charge in [-0.25, -0.2) is 0 Å². The fraction of sp³-hybridized carbons (Fsp3) is 0.278. The third-order valence-corrected chi connectivity index (χ3v) is 4.84. The van der Waals surface area contributed by atoms with Crippen LogP contribution in [0.25, 0.3) is 0 Å². The van der Waals surface area contributed by atoms with Gasteiger partial charge in [0.25, 0.3) is 0 Å². The minimum absolute atomic E-state index is 0.0905. The Balaban J connectivity index is 1.90. The highest BCUT2D eigenvalue weighted by atomic mass is 15.4. The zero-order valence-electron chi connectivity index (χ0n) is 12.2. The summed E-state index contributed by atoms with van der Waals surface area (Å²) in [6.45, 7) is 2.89. The molecule has 1 unspecified atom stereocenters. The van der Waals surface area contributed by atoms with Gasteiger partial charge in [-0.15, -0.1) is 0 Å². The summed E-state index contributed by atoms with van der Waals surface area (Å²) in [5, 5.41) is 0. The van der Waals surface area contributed by atoms with Crippen molar-refractivity contribution in [2.24, 2.45) is 10.7 Å². The monoisotopic (exact) mass is 277 g/mol. The van der Waals surface area contributed by atoms with Gasteiger partial charge in [0.15, 0.2) is 5.96 Å². The van der Waals surface area contributed by atoms with Crippen molar-refractivity contribution < 1.29 is 0 Å². The number of hydrogen-bond donors (Lipinski definition) is 1. The Bertz CT molecular complexity index is 735. The van der Waals surface area contributed by atoms with Crippen LogP contribution in [0.15, 0.2) is 53.5 Å². The molecule has 2 N–H and O–H groups in total. The van der Waals surface area contributed by atoms with E-state index in [1.165, 1.54) is 22.4 Å². The predicted octanol–water partition coefficient (Wildman–Crippen LogP) is 2.97. The number of nitrogens with two attached hydrogens (primary N) is 1. The first-order valence-electron chi connectivity index (χ1n) is 7.46. The summed E-state index contributed by atoms with van der Waals surface area (Å²) in [5.74, 6) is 0.640. The van der Waals surface area contributed by atoms with Crippen molar-refractivity contribution in [2.75, 3.05) is 11.4 Å². The molecular weight excluding hydrogens is 258 g/mol. The predicted molar refractivity (Wildman–Crippen MR) is 86.6 cm³/mol. The maximum absolute atomic E-state index is 6.27. The van der Waals surface area contributed by atoms with E-state index in [-0.39, 0.29) is 5.54 Å². The molecule has 0 amide bonds. The summed E-state index contributed by atoms with van der Waals surface area (Å²) in [5.41, 5.74) is 11.4. The molecule has 106 valence electrons. The van der Waals surface area contributed by atoms with Crippen LogP contribution < -0.4 is 10.6 Å². The van der Waals surface area contributed by atoms with Gasteiger partial charge >= 0.3 is 0 Å². The van der Waals surface area contributed by atoms with Crippen LogP contribution in [0.2, 0.25) is 0 Å². The standard InChI is InChI=1S/C18H19N3/c1-13-6-2-5-9-16(13)21-17(19)20-12-18(21)11-10-14-7-3-4-8-15(14)18/h2-9H,10-12H2,1H3,(H2,19,20). The van der Waals surface area contributed by atoms with E-state index in [1.807, 2.05) is 0 Å². The van der Waals surface area contributed by atoms with Gasteiger partial charge in [-0.05, 0) is 42.5 Å². The number of hydrogen-bond acceptors (Lipinski definition) is 3. The molecule has 1 aliphatic heterocycles. The van der Waals surface area contributed by atoms with Crippen LogP contribution in [-0.4, -0.2) is 12.5 Å². The van der Waals surface area contributed by atoms with Crippen LogP contribution in [0.1, 0.15) is 23.1 Å². The Morgan fingerprint density at radius 2 is 1.86 bits per heavy atom. The van der Waals surface area contributed by atoms with Gasteiger partial charge in [0.2, 0.25) is 0 Å². The second-order valence-electron chi connectivity index (χ2n) is 5.99. The van der Waals surface area contributed by atoms with E-state index in [1.54, 1.807) is 0 Å². The number of anilines is 1. The number of aryl methyl sites for hydroxylation is 2. The van der Waals surface area contributed by atoms with Crippen molar-refractivity contribution in [3.8, 4) is 0 Å². The highest BCUT2D eigenvalue weighted by Gasteiger charge is 2.48. The molecule has 1 atom stereocenters. The highest BCUT2D eigenvalue weighted by molar-refractivity contribution is 5.99. The Kier molecular flexibility index (Phi) is 2.58. The molecule has 2 aromatic rings. The second-order valence-corrected chi connectivity index (χ2v) is 5.99. The van der Waals surface area contributed by atoms with Gasteiger partial charge in [-0.3, -0.25) is 4.99 Å². The van der Waals surface area contributed by atoms with Gasteiger partial charge in [0.1, 0.15) is 0 Å². The zero-order chi connectivity index (χ0) is 14.4. The molecule has 2 aliphatic rings. The summed E-state index contributed by atoms with van der Waals surface area (Å²) in [4.78, 5) is 6.85. The number of benzene rings is 2. The fourth-order valence-corrected chi connectivity index (χ4v) is 3.81. The van der Waals surface area contributed by atoms with Gasteiger partial charge < -0.3 is 10.6 Å². The van der Waals surface area contributed by atoms with Crippen LogP contribution in [0.3, 0.4) is 0 Å². The molecule has 0 saturated heterocycles. The van der Waals surface area contributed by atoms with Crippen molar-refractivity contribution in [3.05, 3.63) is 65.2 Å². The lowest BCUT2D eigenvalue weighted by Crippen LogP contribution is -2.48. The largest absolute Gasteiger partial charge is 0.369 e. The average molecular weight is 277 g/mol. The summed E-state index contributed by atoms with van der Waals surface area (Å²) < 4.78 is 0. The molecule has 2 aromatic carbocycles. The first kappa shape index (κ1) is 12.5. The van der Waals surface area contributed by atoms with Crippen molar-refractivity contribution in [3.63, 3.8) is 0 Å². The first-order chi connectivity index (χ1) is 10.2. The summed E-state index contributed by atoms with van der Waals surface area (Å²) >= 11 is 0. The van der Waals surface area contributed by atoms with Gasteiger partial charge in [-0.2, -0.15) is 0 Å². The minimum Gasteiger partial charge on any atom is -0.369 e. The number of para-hydroxylation sites is 1. The molecule has 21 heavy (non-hydrogen) atoms. The molecule has 3 heteroatoms. The molecule has 1 spiro atoms. The van der Waals surface area contributed by atoms with Crippen LogP contribution in [0.4, 0.5) is 5.69 Å². The van der Waals surface area contributed by atoms with E-state index in [0.29, 0.717) is 5.96 Å². The van der Waals surface area contributed by atoms with Crippen molar-refractivity contribution >= 4 is 11.6 Å². The van der Waals surface area contributed by atoms with E-state index in [4.69, 9.17) is 5.73 Å². The molecular formula is C18H19N3. The van der Waals surface area contributed by atoms with Crippen molar-refractivity contribution in [1.29, 1.82) is 0 Å². The smallest absolute Gasteiger partial charge is 0.196 e. The molecule has 0 saturated carbocycles. The van der Waals surface area contributed by atoms with Crippen LogP contribution in [0.5, 0.6) is 0 Å². The van der Waals surface area contributed by atoms with Gasteiger partial charge in [0.05, 0.1) is 12.1 Å². The number of guanidine groups is 1. The Hall–Kier alpha value is -2.29. The topological polar surface area (TPSA) is 41.6 Å². The van der Waals surface area contributed by atoms with Crippen LogP contribution >= 0.6 is 0 Å². The van der Waals surface area contributed by atoms with Crippen molar-refractivity contribution in [1.82, 2.24) is 0 Å². The molecule has 0 aromatic heterocycles. The average Bonchev–Trinajstić information content (AvgIpc) is 3.03. The number of rotatable bonds is 1. The Labute approximate surface area is 125 Å². The SMILES string of the molecule is Cc1ccccc1N1C(N)=NCC12CCc1ccccc12. The molecule has 0 bridgehead atoms. The van der Waals surface area contributed by atoms with Crippen LogP contribution in [0, 0.1) is 6.92 Å². The third-order valence-electron chi connectivity index (χ3n) is 4.84. The molecule has 3 nitrogen and oxygen atoms in total. The van der Waals surface area contributed by atoms with E-state index in [2.05, 4.69) is 65.3 Å². The normalized spacial score (nSPS) is 23.5. The fourth-order valence-electron chi connectivity index (χ4n) is 3.81. The quantitative estimate of drug-likeness (QED) is 0.870. The number of fused-ring (bicyclic) bond motifs is 2. The lowest BCUT2D eigenvalue weighted by molar-refractivity contribution is 0.476. The molecule has 1 heterocycles. The molecule has 4 rings (SSSR count). The maximum atomic E-state index is 6.27. The van der Waals surface area contributed by atoms with E-state index >= 15 is 0 Å². The third kappa shape index (κ3) is 1.63. The van der Waals surface area contributed by atoms with E-state index < -0.39 is 0 Å².